The third-order valence-electron chi connectivity index (χ3n) is 3.54. The fourth-order valence-electron chi connectivity index (χ4n) is 2.32. The molecule has 112 valence electrons. The molecular weight excluding hydrogens is 288 g/mol. The lowest BCUT2D eigenvalue weighted by Gasteiger charge is -2.13. The Balaban J connectivity index is 1.67. The normalized spacial score (nSPS) is 17.0. The Morgan fingerprint density at radius 2 is 2.22 bits per heavy atom. The number of nitrogens with zero attached hydrogens (tertiary/aromatic N) is 2. The summed E-state index contributed by atoms with van der Waals surface area (Å²) < 4.78 is 5.22. The molecule has 0 fully saturated rings. The summed E-state index contributed by atoms with van der Waals surface area (Å²) >= 11 is 0. The minimum Gasteiger partial charge on any atom is -0.465 e. The highest BCUT2D eigenvalue weighted by Crippen LogP contribution is 2.16. The van der Waals surface area contributed by atoms with Gasteiger partial charge in [-0.05, 0) is 42.5 Å². The molecule has 0 N–H and O–H groups in total. The molecule has 1 aromatic heterocycles. The van der Waals surface area contributed by atoms with Crippen LogP contribution in [-0.4, -0.2) is 18.0 Å². The Labute approximate surface area is 134 Å². The van der Waals surface area contributed by atoms with Crippen molar-refractivity contribution < 1.29 is 9.21 Å². The van der Waals surface area contributed by atoms with Crippen LogP contribution in [0.2, 0.25) is 0 Å². The van der Waals surface area contributed by atoms with Gasteiger partial charge in [0, 0.05) is 5.56 Å². The molecule has 0 saturated heterocycles. The van der Waals surface area contributed by atoms with Crippen LogP contribution in [0.3, 0.4) is 0 Å². The number of carbonyl (C=O) groups excluding carboxylic acids is 1. The summed E-state index contributed by atoms with van der Waals surface area (Å²) in [5, 5.41) is 8.91. The van der Waals surface area contributed by atoms with Crippen LogP contribution in [-0.2, 0) is 0 Å². The van der Waals surface area contributed by atoms with Crippen LogP contribution >= 0.6 is 0 Å². The summed E-state index contributed by atoms with van der Waals surface area (Å²) in [7, 11) is 0. The zero-order valence-electron chi connectivity index (χ0n) is 12.3. The molecule has 0 aliphatic carbocycles. The number of benzene rings is 1. The fraction of sp³-hybridized carbons (Fsp3) is 0.105. The van der Waals surface area contributed by atoms with Gasteiger partial charge in [-0.15, -0.1) is 0 Å². The molecule has 0 spiro atoms. The minimum atomic E-state index is -0.287. The predicted molar refractivity (Wildman–Crippen MR) is 88.2 cm³/mol. The fourth-order valence-corrected chi connectivity index (χ4v) is 2.32. The van der Waals surface area contributed by atoms with E-state index in [0.717, 1.165) is 11.5 Å². The smallest absolute Gasteiger partial charge is 0.171 e. The number of hydrogen-bond donors (Lipinski definition) is 0. The Hall–Kier alpha value is -3.19. The second kappa shape index (κ2) is 6.71. The van der Waals surface area contributed by atoms with Crippen LogP contribution in [0.4, 0.5) is 0 Å². The summed E-state index contributed by atoms with van der Waals surface area (Å²) in [4.78, 5) is 16.9. The standard InChI is InChI=1S/C19H14N2O2/c20-12-14-3-1-4-15(11-14)19(22)16-6-7-17(21-13-16)8-9-18-5-2-10-23-18/h1-11,16H,13H2/b9-8+. The molecule has 1 aromatic carbocycles. The van der Waals surface area contributed by atoms with Crippen LogP contribution in [0.5, 0.6) is 0 Å². The molecular formula is C19H14N2O2. The van der Waals surface area contributed by atoms with Crippen molar-refractivity contribution in [1.29, 1.82) is 5.26 Å². The molecule has 1 atom stereocenters. The van der Waals surface area contributed by atoms with E-state index in [4.69, 9.17) is 9.68 Å². The molecule has 1 aliphatic rings. The second-order valence-corrected chi connectivity index (χ2v) is 5.14. The van der Waals surface area contributed by atoms with Gasteiger partial charge < -0.3 is 4.42 Å². The van der Waals surface area contributed by atoms with Crippen LogP contribution in [0.1, 0.15) is 21.7 Å². The average molecular weight is 302 g/mol. The first kappa shape index (κ1) is 14.7. The van der Waals surface area contributed by atoms with Gasteiger partial charge in [0.05, 0.1) is 36.1 Å². The van der Waals surface area contributed by atoms with Crippen molar-refractivity contribution in [2.24, 2.45) is 10.9 Å². The lowest BCUT2D eigenvalue weighted by Crippen LogP contribution is -2.19. The van der Waals surface area contributed by atoms with E-state index in [9.17, 15) is 4.79 Å². The van der Waals surface area contributed by atoms with Crippen LogP contribution in [0, 0.1) is 17.2 Å². The molecule has 4 heteroatoms. The van der Waals surface area contributed by atoms with Gasteiger partial charge >= 0.3 is 0 Å². The van der Waals surface area contributed by atoms with Crippen molar-refractivity contribution in [2.45, 2.75) is 0 Å². The van der Waals surface area contributed by atoms with E-state index in [0.29, 0.717) is 17.7 Å². The highest BCUT2D eigenvalue weighted by Gasteiger charge is 2.19. The Bertz CT molecular complexity index is 837. The third-order valence-corrected chi connectivity index (χ3v) is 3.54. The van der Waals surface area contributed by atoms with E-state index in [-0.39, 0.29) is 11.7 Å². The molecule has 3 rings (SSSR count). The lowest BCUT2D eigenvalue weighted by molar-refractivity contribution is 0.0948. The van der Waals surface area contributed by atoms with Crippen LogP contribution in [0.15, 0.2) is 70.3 Å². The van der Waals surface area contributed by atoms with Crippen molar-refractivity contribution >= 4 is 17.6 Å². The second-order valence-electron chi connectivity index (χ2n) is 5.14. The molecule has 0 saturated carbocycles. The molecule has 0 radical (unpaired) electrons. The van der Waals surface area contributed by atoms with E-state index in [1.54, 1.807) is 30.5 Å². The number of dihydropyridines is 1. The molecule has 0 bridgehead atoms. The summed E-state index contributed by atoms with van der Waals surface area (Å²) in [6, 6.07) is 12.5. The van der Waals surface area contributed by atoms with Crippen molar-refractivity contribution in [3.8, 4) is 6.07 Å². The Morgan fingerprint density at radius 3 is 2.91 bits per heavy atom. The van der Waals surface area contributed by atoms with E-state index in [2.05, 4.69) is 4.99 Å². The highest BCUT2D eigenvalue weighted by molar-refractivity contribution is 6.08. The number of nitriles is 1. The number of Topliss-reactive ketones (excluding diaryl/α,β-unsaturated/α-hetero) is 1. The monoisotopic (exact) mass is 302 g/mol. The summed E-state index contributed by atoms with van der Waals surface area (Å²) in [5.74, 6) is 0.452. The zero-order chi connectivity index (χ0) is 16.1. The highest BCUT2D eigenvalue weighted by atomic mass is 16.3. The maximum atomic E-state index is 12.5. The number of ketones is 1. The van der Waals surface area contributed by atoms with E-state index in [1.165, 1.54) is 0 Å². The van der Waals surface area contributed by atoms with E-state index >= 15 is 0 Å². The number of aliphatic imine (C=N–C) groups is 1. The first-order valence-corrected chi connectivity index (χ1v) is 7.25. The van der Waals surface area contributed by atoms with Crippen LogP contribution < -0.4 is 0 Å². The van der Waals surface area contributed by atoms with Crippen molar-refractivity contribution in [3.05, 3.63) is 77.8 Å². The maximum Gasteiger partial charge on any atom is 0.171 e. The average Bonchev–Trinajstić information content (AvgIpc) is 3.13. The van der Waals surface area contributed by atoms with Gasteiger partial charge in [-0.2, -0.15) is 5.26 Å². The molecule has 23 heavy (non-hydrogen) atoms. The number of allylic oxidation sites excluding steroid dienone is 2. The number of furan rings is 1. The van der Waals surface area contributed by atoms with Gasteiger partial charge in [0.2, 0.25) is 0 Å². The van der Waals surface area contributed by atoms with Crippen molar-refractivity contribution in [1.82, 2.24) is 0 Å². The van der Waals surface area contributed by atoms with E-state index in [1.807, 2.05) is 42.5 Å². The molecule has 1 unspecified atom stereocenters. The molecule has 2 heterocycles. The number of hydrogen-bond acceptors (Lipinski definition) is 4. The van der Waals surface area contributed by atoms with Gasteiger partial charge in [-0.1, -0.05) is 18.2 Å². The number of rotatable bonds is 4. The first-order valence-electron chi connectivity index (χ1n) is 7.25. The summed E-state index contributed by atoms with van der Waals surface area (Å²) in [6.45, 7) is 0.407. The topological polar surface area (TPSA) is 66.4 Å². The van der Waals surface area contributed by atoms with Gasteiger partial charge in [-0.3, -0.25) is 9.79 Å². The Kier molecular flexibility index (Phi) is 4.30. The minimum absolute atomic E-state index is 0.0174. The third kappa shape index (κ3) is 3.53. The zero-order valence-corrected chi connectivity index (χ0v) is 12.3. The maximum absolute atomic E-state index is 12.5. The molecule has 4 nitrogen and oxygen atoms in total. The lowest BCUT2D eigenvalue weighted by atomic mass is 9.94. The Morgan fingerprint density at radius 1 is 1.30 bits per heavy atom. The molecule has 2 aromatic rings. The predicted octanol–water partition coefficient (Wildman–Crippen LogP) is 3.67. The van der Waals surface area contributed by atoms with Gasteiger partial charge in [-0.25, -0.2) is 0 Å². The SMILES string of the molecule is N#Cc1cccc(C(=O)C2C=CC(/C=C/c3ccco3)=NC2)c1. The molecule has 0 amide bonds. The van der Waals surface area contributed by atoms with Crippen LogP contribution in [0.25, 0.3) is 6.08 Å². The first-order chi connectivity index (χ1) is 11.3. The van der Waals surface area contributed by atoms with Gasteiger partial charge in [0.1, 0.15) is 5.76 Å². The van der Waals surface area contributed by atoms with Gasteiger partial charge in [0.25, 0.3) is 0 Å². The van der Waals surface area contributed by atoms with Gasteiger partial charge in [0.15, 0.2) is 5.78 Å². The number of carbonyl (C=O) groups is 1. The van der Waals surface area contributed by atoms with E-state index < -0.39 is 0 Å². The van der Waals surface area contributed by atoms with Crippen molar-refractivity contribution in [3.63, 3.8) is 0 Å². The quantitative estimate of drug-likeness (QED) is 0.809. The van der Waals surface area contributed by atoms with Crippen molar-refractivity contribution in [2.75, 3.05) is 6.54 Å². The largest absolute Gasteiger partial charge is 0.465 e. The molecule has 1 aliphatic heterocycles. The summed E-state index contributed by atoms with van der Waals surface area (Å²) in [6.07, 6.45) is 8.99. The summed E-state index contributed by atoms with van der Waals surface area (Å²) in [5.41, 5.74) is 1.83.